The highest BCUT2D eigenvalue weighted by atomic mass is 35.5. The maximum absolute atomic E-state index is 13.0. The fourth-order valence-electron chi connectivity index (χ4n) is 1.56. The molecule has 20 heavy (non-hydrogen) atoms. The van der Waals surface area contributed by atoms with Crippen molar-refractivity contribution in [1.29, 1.82) is 0 Å². The van der Waals surface area contributed by atoms with Crippen LogP contribution in [0.5, 0.6) is 0 Å². The SMILES string of the molecule is CC(C)N(CC(=O)O)C(=O)NCc1ccc(F)c(Cl)c1. The number of carbonyl (C=O) groups is 2. The van der Waals surface area contributed by atoms with Crippen molar-refractivity contribution >= 4 is 23.6 Å². The van der Waals surface area contributed by atoms with Crippen molar-refractivity contribution in [3.05, 3.63) is 34.6 Å². The lowest BCUT2D eigenvalue weighted by molar-refractivity contribution is -0.138. The highest BCUT2D eigenvalue weighted by molar-refractivity contribution is 6.30. The summed E-state index contributed by atoms with van der Waals surface area (Å²) < 4.78 is 13.0. The summed E-state index contributed by atoms with van der Waals surface area (Å²) in [5, 5.41) is 11.3. The van der Waals surface area contributed by atoms with E-state index in [-0.39, 0.29) is 24.2 Å². The fraction of sp³-hybridized carbons (Fsp3) is 0.385. The van der Waals surface area contributed by atoms with E-state index in [1.165, 1.54) is 23.1 Å². The van der Waals surface area contributed by atoms with Gasteiger partial charge in [0, 0.05) is 12.6 Å². The number of hydrogen-bond donors (Lipinski definition) is 2. The van der Waals surface area contributed by atoms with Crippen LogP contribution in [-0.4, -0.2) is 34.6 Å². The van der Waals surface area contributed by atoms with Crippen LogP contribution in [0.1, 0.15) is 19.4 Å². The van der Waals surface area contributed by atoms with Gasteiger partial charge in [-0.3, -0.25) is 4.79 Å². The van der Waals surface area contributed by atoms with E-state index in [1.54, 1.807) is 13.8 Å². The summed E-state index contributed by atoms with van der Waals surface area (Å²) in [5.74, 6) is -1.62. The van der Waals surface area contributed by atoms with Gasteiger partial charge in [0.25, 0.3) is 0 Å². The lowest BCUT2D eigenvalue weighted by Crippen LogP contribution is -2.46. The molecule has 0 fully saturated rings. The molecule has 0 radical (unpaired) electrons. The zero-order valence-electron chi connectivity index (χ0n) is 11.2. The summed E-state index contributed by atoms with van der Waals surface area (Å²) in [6, 6.07) is 3.37. The van der Waals surface area contributed by atoms with Crippen molar-refractivity contribution in [2.45, 2.75) is 26.4 Å². The lowest BCUT2D eigenvalue weighted by Gasteiger charge is -2.25. The topological polar surface area (TPSA) is 69.6 Å². The Morgan fingerprint density at radius 1 is 1.45 bits per heavy atom. The second-order valence-corrected chi connectivity index (χ2v) is 4.93. The van der Waals surface area contributed by atoms with Crippen LogP contribution >= 0.6 is 11.6 Å². The van der Waals surface area contributed by atoms with Crippen LogP contribution in [0, 0.1) is 5.82 Å². The van der Waals surface area contributed by atoms with E-state index < -0.39 is 17.8 Å². The second kappa shape index (κ2) is 7.09. The summed E-state index contributed by atoms with van der Waals surface area (Å²) in [7, 11) is 0. The molecule has 0 saturated heterocycles. The minimum Gasteiger partial charge on any atom is -0.480 e. The average Bonchev–Trinajstić information content (AvgIpc) is 2.36. The molecule has 0 bridgehead atoms. The average molecular weight is 303 g/mol. The highest BCUT2D eigenvalue weighted by Crippen LogP contribution is 2.15. The molecule has 2 N–H and O–H groups in total. The van der Waals surface area contributed by atoms with Crippen LogP contribution in [0.3, 0.4) is 0 Å². The number of hydrogen-bond acceptors (Lipinski definition) is 2. The predicted molar refractivity (Wildman–Crippen MR) is 73.1 cm³/mol. The Hall–Kier alpha value is -1.82. The fourth-order valence-corrected chi connectivity index (χ4v) is 1.77. The standard InChI is InChI=1S/C13H16ClFN2O3/c1-8(2)17(7-12(18)19)13(20)16-6-9-3-4-11(15)10(14)5-9/h3-5,8H,6-7H2,1-2H3,(H,16,20)(H,18,19). The molecular formula is C13H16ClFN2O3. The van der Waals surface area contributed by atoms with E-state index >= 15 is 0 Å². The van der Waals surface area contributed by atoms with Gasteiger partial charge in [-0.2, -0.15) is 0 Å². The molecule has 0 spiro atoms. The number of urea groups is 1. The van der Waals surface area contributed by atoms with Crippen LogP contribution in [0.2, 0.25) is 5.02 Å². The van der Waals surface area contributed by atoms with Crippen LogP contribution in [0.25, 0.3) is 0 Å². The maximum Gasteiger partial charge on any atom is 0.323 e. The van der Waals surface area contributed by atoms with Gasteiger partial charge in [-0.1, -0.05) is 17.7 Å². The Morgan fingerprint density at radius 2 is 2.10 bits per heavy atom. The molecule has 0 unspecified atom stereocenters. The Bertz CT molecular complexity index is 508. The van der Waals surface area contributed by atoms with Gasteiger partial charge >= 0.3 is 12.0 Å². The van der Waals surface area contributed by atoms with Crippen molar-refractivity contribution in [3.63, 3.8) is 0 Å². The molecule has 7 heteroatoms. The number of carbonyl (C=O) groups excluding carboxylic acids is 1. The molecular weight excluding hydrogens is 287 g/mol. The van der Waals surface area contributed by atoms with E-state index in [4.69, 9.17) is 16.7 Å². The van der Waals surface area contributed by atoms with Crippen LogP contribution in [0.4, 0.5) is 9.18 Å². The number of nitrogens with zero attached hydrogens (tertiary/aromatic N) is 1. The third kappa shape index (κ3) is 4.70. The molecule has 0 aliphatic carbocycles. The molecule has 2 amide bonds. The van der Waals surface area contributed by atoms with Gasteiger partial charge in [0.05, 0.1) is 5.02 Å². The van der Waals surface area contributed by atoms with Gasteiger partial charge in [-0.05, 0) is 31.5 Å². The van der Waals surface area contributed by atoms with Gasteiger partial charge in [0.15, 0.2) is 0 Å². The van der Waals surface area contributed by atoms with E-state index in [0.29, 0.717) is 5.56 Å². The van der Waals surface area contributed by atoms with Crippen LogP contribution in [-0.2, 0) is 11.3 Å². The number of benzene rings is 1. The Balaban J connectivity index is 2.64. The monoisotopic (exact) mass is 302 g/mol. The first-order valence-corrected chi connectivity index (χ1v) is 6.39. The zero-order chi connectivity index (χ0) is 15.3. The van der Waals surface area contributed by atoms with Crippen molar-refractivity contribution in [2.24, 2.45) is 0 Å². The maximum atomic E-state index is 13.0. The molecule has 0 aromatic heterocycles. The molecule has 0 atom stereocenters. The van der Waals surface area contributed by atoms with Crippen LogP contribution in [0.15, 0.2) is 18.2 Å². The number of carboxylic acid groups (broad SMARTS) is 1. The largest absolute Gasteiger partial charge is 0.480 e. The number of nitrogens with one attached hydrogen (secondary N) is 1. The van der Waals surface area contributed by atoms with Crippen molar-refractivity contribution in [1.82, 2.24) is 10.2 Å². The second-order valence-electron chi connectivity index (χ2n) is 4.52. The first-order chi connectivity index (χ1) is 9.31. The Labute approximate surface area is 121 Å². The summed E-state index contributed by atoms with van der Waals surface area (Å²) in [6.07, 6.45) is 0. The van der Waals surface area contributed by atoms with E-state index in [9.17, 15) is 14.0 Å². The van der Waals surface area contributed by atoms with Gasteiger partial charge in [0.1, 0.15) is 12.4 Å². The van der Waals surface area contributed by atoms with E-state index in [2.05, 4.69) is 5.32 Å². The van der Waals surface area contributed by atoms with Crippen molar-refractivity contribution in [3.8, 4) is 0 Å². The Morgan fingerprint density at radius 3 is 2.60 bits per heavy atom. The number of rotatable bonds is 5. The summed E-state index contributed by atoms with van der Waals surface area (Å²) in [4.78, 5) is 23.8. The Kier molecular flexibility index (Phi) is 5.76. The molecule has 0 heterocycles. The lowest BCUT2D eigenvalue weighted by atomic mass is 10.2. The third-order valence-corrected chi connectivity index (χ3v) is 2.91. The van der Waals surface area contributed by atoms with Crippen LogP contribution < -0.4 is 5.32 Å². The molecule has 0 saturated carbocycles. The molecule has 1 rings (SSSR count). The van der Waals surface area contributed by atoms with Gasteiger partial charge in [-0.25, -0.2) is 9.18 Å². The zero-order valence-corrected chi connectivity index (χ0v) is 11.9. The summed E-state index contributed by atoms with van der Waals surface area (Å²) >= 11 is 5.64. The highest BCUT2D eigenvalue weighted by Gasteiger charge is 2.19. The number of aliphatic carboxylic acids is 1. The number of amides is 2. The van der Waals surface area contributed by atoms with E-state index in [0.717, 1.165) is 0 Å². The smallest absolute Gasteiger partial charge is 0.323 e. The summed E-state index contributed by atoms with van der Waals surface area (Å²) in [5.41, 5.74) is 0.629. The molecule has 1 aromatic rings. The molecule has 5 nitrogen and oxygen atoms in total. The first-order valence-electron chi connectivity index (χ1n) is 6.01. The van der Waals surface area contributed by atoms with Crippen molar-refractivity contribution in [2.75, 3.05) is 6.54 Å². The summed E-state index contributed by atoms with van der Waals surface area (Å²) in [6.45, 7) is 3.20. The van der Waals surface area contributed by atoms with Gasteiger partial charge in [-0.15, -0.1) is 0 Å². The number of halogens is 2. The minimum atomic E-state index is -1.08. The first kappa shape index (κ1) is 16.2. The third-order valence-electron chi connectivity index (χ3n) is 2.62. The number of carboxylic acids is 1. The molecule has 110 valence electrons. The minimum absolute atomic E-state index is 0.0250. The molecule has 0 aliphatic rings. The quantitative estimate of drug-likeness (QED) is 0.878. The molecule has 0 aliphatic heterocycles. The normalized spacial score (nSPS) is 10.4. The molecule has 1 aromatic carbocycles. The predicted octanol–water partition coefficient (Wildman–Crippen LogP) is 2.48. The van der Waals surface area contributed by atoms with Gasteiger partial charge in [0.2, 0.25) is 0 Å². The van der Waals surface area contributed by atoms with Gasteiger partial charge < -0.3 is 15.3 Å². The van der Waals surface area contributed by atoms with E-state index in [1.807, 2.05) is 0 Å². The van der Waals surface area contributed by atoms with Crippen molar-refractivity contribution < 1.29 is 19.1 Å².